The summed E-state index contributed by atoms with van der Waals surface area (Å²) in [5, 5.41) is 16.4. The minimum atomic E-state index is 0.286. The van der Waals surface area contributed by atoms with Crippen molar-refractivity contribution in [2.75, 3.05) is 38.1 Å². The molecule has 0 aliphatic carbocycles. The van der Waals surface area contributed by atoms with E-state index in [9.17, 15) is 5.11 Å². The summed E-state index contributed by atoms with van der Waals surface area (Å²) in [4.78, 5) is 6.71. The Morgan fingerprint density at radius 3 is 3.00 bits per heavy atom. The van der Waals surface area contributed by atoms with Crippen LogP contribution in [0.1, 0.15) is 12.8 Å². The van der Waals surface area contributed by atoms with E-state index < -0.39 is 0 Å². The second-order valence-corrected chi connectivity index (χ2v) is 5.71. The number of aromatic nitrogens is 2. The predicted octanol–water partition coefficient (Wildman–Crippen LogP) is 1.85. The Morgan fingerprint density at radius 1 is 1.32 bits per heavy atom. The number of aliphatic hydroxyl groups excluding tert-OH is 1. The van der Waals surface area contributed by atoms with Crippen molar-refractivity contribution in [3.63, 3.8) is 0 Å². The molecule has 0 spiro atoms. The number of piperidine rings is 1. The largest absolute Gasteiger partial charge is 0.396 e. The molecule has 1 aliphatic heterocycles. The zero-order valence-corrected chi connectivity index (χ0v) is 12.6. The number of aliphatic hydroxyl groups is 1. The molecule has 1 atom stereocenters. The average molecular weight is 302 g/mol. The molecule has 0 amide bonds. The van der Waals surface area contributed by atoms with Gasteiger partial charge in [0.25, 0.3) is 0 Å². The third kappa shape index (κ3) is 3.84. The van der Waals surface area contributed by atoms with Gasteiger partial charge in [0.1, 0.15) is 0 Å². The Bertz CT molecular complexity index is 573. The maximum atomic E-state index is 9.25. The van der Waals surface area contributed by atoms with Crippen molar-refractivity contribution in [2.45, 2.75) is 12.8 Å². The molecule has 6 heteroatoms. The van der Waals surface area contributed by atoms with Crippen LogP contribution in [0.5, 0.6) is 0 Å². The van der Waals surface area contributed by atoms with Gasteiger partial charge in [-0.05, 0) is 25.3 Å². The van der Waals surface area contributed by atoms with Gasteiger partial charge in [0, 0.05) is 31.8 Å². The molecule has 118 valence electrons. The highest BCUT2D eigenvalue weighted by molar-refractivity contribution is 5.54. The molecular formula is C16H22N4O2. The molecule has 2 heterocycles. The lowest BCUT2D eigenvalue weighted by Gasteiger charge is -2.31. The van der Waals surface area contributed by atoms with Crippen molar-refractivity contribution >= 4 is 6.01 Å². The Balaban J connectivity index is 1.47. The monoisotopic (exact) mass is 302 g/mol. The van der Waals surface area contributed by atoms with Gasteiger partial charge in [-0.2, -0.15) is 4.98 Å². The van der Waals surface area contributed by atoms with E-state index in [1.54, 1.807) is 0 Å². The highest BCUT2D eigenvalue weighted by atomic mass is 16.5. The Hall–Kier alpha value is -1.92. The summed E-state index contributed by atoms with van der Waals surface area (Å²) in [5.41, 5.74) is 0.945. The van der Waals surface area contributed by atoms with Gasteiger partial charge in [-0.1, -0.05) is 35.5 Å². The van der Waals surface area contributed by atoms with Gasteiger partial charge >= 0.3 is 6.01 Å². The van der Waals surface area contributed by atoms with E-state index in [2.05, 4.69) is 20.4 Å². The van der Waals surface area contributed by atoms with Crippen LogP contribution < -0.4 is 5.32 Å². The van der Waals surface area contributed by atoms with Crippen molar-refractivity contribution in [2.24, 2.45) is 5.92 Å². The van der Waals surface area contributed by atoms with Crippen LogP contribution in [0.3, 0.4) is 0 Å². The van der Waals surface area contributed by atoms with E-state index in [1.807, 2.05) is 30.3 Å². The Labute approximate surface area is 130 Å². The van der Waals surface area contributed by atoms with Crippen molar-refractivity contribution in [1.82, 2.24) is 15.0 Å². The van der Waals surface area contributed by atoms with E-state index in [0.29, 0.717) is 17.8 Å². The molecule has 1 saturated heterocycles. The van der Waals surface area contributed by atoms with E-state index >= 15 is 0 Å². The summed E-state index contributed by atoms with van der Waals surface area (Å²) in [6.45, 7) is 4.02. The third-order valence-corrected chi connectivity index (χ3v) is 4.02. The Morgan fingerprint density at radius 2 is 2.18 bits per heavy atom. The zero-order valence-electron chi connectivity index (χ0n) is 12.6. The van der Waals surface area contributed by atoms with Crippen LogP contribution in [0.4, 0.5) is 6.01 Å². The first-order valence-corrected chi connectivity index (χ1v) is 7.81. The first-order valence-electron chi connectivity index (χ1n) is 7.81. The van der Waals surface area contributed by atoms with Crippen molar-refractivity contribution in [1.29, 1.82) is 0 Å². The number of hydrogen-bond acceptors (Lipinski definition) is 6. The van der Waals surface area contributed by atoms with Gasteiger partial charge in [-0.3, -0.25) is 0 Å². The highest BCUT2D eigenvalue weighted by Gasteiger charge is 2.18. The summed E-state index contributed by atoms with van der Waals surface area (Å²) in [5.74, 6) is 1.02. The smallest absolute Gasteiger partial charge is 0.321 e. The summed E-state index contributed by atoms with van der Waals surface area (Å²) in [6.07, 6.45) is 2.29. The molecule has 22 heavy (non-hydrogen) atoms. The van der Waals surface area contributed by atoms with Crippen LogP contribution in [0.25, 0.3) is 11.4 Å². The lowest BCUT2D eigenvalue weighted by Crippen LogP contribution is -2.39. The van der Waals surface area contributed by atoms with E-state index in [-0.39, 0.29) is 6.61 Å². The molecule has 2 N–H and O–H groups in total. The van der Waals surface area contributed by atoms with Gasteiger partial charge in [-0.15, -0.1) is 0 Å². The van der Waals surface area contributed by atoms with Crippen LogP contribution in [0.15, 0.2) is 34.9 Å². The standard InChI is InChI=1S/C16H22N4O2/c21-12-13-5-4-9-20(11-13)10-8-17-16-18-15(19-22-16)14-6-2-1-3-7-14/h1-3,6-7,13,21H,4-5,8-12H2,(H,17,18,19)/t13-/m0/s1. The number of hydrogen-bond donors (Lipinski definition) is 2. The molecule has 1 aliphatic rings. The minimum Gasteiger partial charge on any atom is -0.396 e. The molecule has 0 bridgehead atoms. The number of nitrogens with zero attached hydrogens (tertiary/aromatic N) is 3. The molecule has 0 radical (unpaired) electrons. The molecule has 1 fully saturated rings. The molecule has 1 aromatic heterocycles. The van der Waals surface area contributed by atoms with Crippen LogP contribution in [0.2, 0.25) is 0 Å². The molecule has 6 nitrogen and oxygen atoms in total. The van der Waals surface area contributed by atoms with Crippen LogP contribution in [-0.2, 0) is 0 Å². The molecule has 2 aromatic rings. The van der Waals surface area contributed by atoms with Crippen LogP contribution >= 0.6 is 0 Å². The summed E-state index contributed by atoms with van der Waals surface area (Å²) < 4.78 is 5.22. The number of nitrogens with one attached hydrogen (secondary N) is 1. The number of likely N-dealkylation sites (tertiary alicyclic amines) is 1. The Kier molecular flexibility index (Phi) is 5.03. The normalized spacial score (nSPS) is 19.2. The molecular weight excluding hydrogens is 280 g/mol. The van der Waals surface area contributed by atoms with Crippen molar-refractivity contribution in [3.05, 3.63) is 30.3 Å². The van der Waals surface area contributed by atoms with Gasteiger partial charge < -0.3 is 19.8 Å². The van der Waals surface area contributed by atoms with Crippen LogP contribution in [0, 0.1) is 5.92 Å². The molecule has 3 rings (SSSR count). The quantitative estimate of drug-likeness (QED) is 0.848. The van der Waals surface area contributed by atoms with Crippen molar-refractivity contribution in [3.8, 4) is 11.4 Å². The van der Waals surface area contributed by atoms with Gasteiger partial charge in [0.05, 0.1) is 0 Å². The second kappa shape index (κ2) is 7.38. The summed E-state index contributed by atoms with van der Waals surface area (Å²) in [7, 11) is 0. The van der Waals surface area contributed by atoms with Gasteiger partial charge in [0.15, 0.2) is 0 Å². The number of anilines is 1. The number of benzene rings is 1. The third-order valence-electron chi connectivity index (χ3n) is 4.02. The van der Waals surface area contributed by atoms with Gasteiger partial charge in [0.2, 0.25) is 5.82 Å². The molecule has 0 saturated carbocycles. The van der Waals surface area contributed by atoms with E-state index in [0.717, 1.165) is 44.6 Å². The second-order valence-electron chi connectivity index (χ2n) is 5.71. The molecule has 1 aromatic carbocycles. The van der Waals surface area contributed by atoms with E-state index in [4.69, 9.17) is 4.52 Å². The minimum absolute atomic E-state index is 0.286. The highest BCUT2D eigenvalue weighted by Crippen LogP contribution is 2.17. The summed E-state index contributed by atoms with van der Waals surface area (Å²) >= 11 is 0. The lowest BCUT2D eigenvalue weighted by molar-refractivity contribution is 0.123. The SMILES string of the molecule is OC[C@H]1CCCN(CCNc2nc(-c3ccccc3)no2)C1. The fourth-order valence-corrected chi connectivity index (χ4v) is 2.82. The van der Waals surface area contributed by atoms with Gasteiger partial charge in [-0.25, -0.2) is 0 Å². The summed E-state index contributed by atoms with van der Waals surface area (Å²) in [6, 6.07) is 10.2. The van der Waals surface area contributed by atoms with E-state index in [1.165, 1.54) is 0 Å². The fraction of sp³-hybridized carbons (Fsp3) is 0.500. The topological polar surface area (TPSA) is 74.4 Å². The van der Waals surface area contributed by atoms with Crippen LogP contribution in [-0.4, -0.2) is 52.9 Å². The number of rotatable bonds is 6. The predicted molar refractivity (Wildman–Crippen MR) is 84.5 cm³/mol. The fourth-order valence-electron chi connectivity index (χ4n) is 2.82. The average Bonchev–Trinajstić information content (AvgIpc) is 3.05. The molecule has 0 unspecified atom stereocenters. The van der Waals surface area contributed by atoms with Crippen molar-refractivity contribution < 1.29 is 9.63 Å². The first kappa shape index (κ1) is 15.0. The maximum Gasteiger partial charge on any atom is 0.321 e. The first-order chi connectivity index (χ1) is 10.8. The lowest BCUT2D eigenvalue weighted by atomic mass is 9.99. The maximum absolute atomic E-state index is 9.25. The zero-order chi connectivity index (χ0) is 15.2.